The first-order chi connectivity index (χ1) is 11.0. The fourth-order valence-electron chi connectivity index (χ4n) is 1.69. The van der Waals surface area contributed by atoms with E-state index in [-0.39, 0.29) is 24.9 Å². The number of rotatable bonds is 8. The molecule has 1 rings (SSSR count). The number of benzene rings is 1. The van der Waals surface area contributed by atoms with Crippen molar-refractivity contribution in [2.75, 3.05) is 13.2 Å². The molecule has 0 saturated carbocycles. The molecule has 1 unspecified atom stereocenters. The van der Waals surface area contributed by atoms with Crippen molar-refractivity contribution in [1.82, 2.24) is 0 Å². The Morgan fingerprint density at radius 1 is 1.09 bits per heavy atom. The zero-order valence-electron chi connectivity index (χ0n) is 13.7. The SMILES string of the molecule is C=CC(C)Oc1ccc(C=C(C(=O)OCC)C(=O)OCC)cc1. The summed E-state index contributed by atoms with van der Waals surface area (Å²) in [7, 11) is 0. The van der Waals surface area contributed by atoms with Crippen molar-refractivity contribution in [1.29, 1.82) is 0 Å². The lowest BCUT2D eigenvalue weighted by molar-refractivity contribution is -0.146. The van der Waals surface area contributed by atoms with Gasteiger partial charge < -0.3 is 14.2 Å². The Bertz CT molecular complexity index is 552. The molecule has 0 saturated heterocycles. The first kappa shape index (κ1) is 18.5. The van der Waals surface area contributed by atoms with Gasteiger partial charge in [-0.3, -0.25) is 0 Å². The summed E-state index contributed by atoms with van der Waals surface area (Å²) in [5.74, 6) is -0.735. The molecule has 23 heavy (non-hydrogen) atoms. The number of hydrogen-bond donors (Lipinski definition) is 0. The Kier molecular flexibility index (Phi) is 7.60. The maximum Gasteiger partial charge on any atom is 0.345 e. The van der Waals surface area contributed by atoms with Crippen LogP contribution in [0.3, 0.4) is 0 Å². The van der Waals surface area contributed by atoms with Crippen LogP contribution in [-0.2, 0) is 19.1 Å². The molecule has 124 valence electrons. The van der Waals surface area contributed by atoms with Gasteiger partial charge in [0, 0.05) is 0 Å². The summed E-state index contributed by atoms with van der Waals surface area (Å²) < 4.78 is 15.4. The maximum atomic E-state index is 11.9. The van der Waals surface area contributed by atoms with E-state index in [4.69, 9.17) is 14.2 Å². The lowest BCUT2D eigenvalue weighted by Crippen LogP contribution is -2.18. The summed E-state index contributed by atoms with van der Waals surface area (Å²) in [5, 5.41) is 0. The van der Waals surface area contributed by atoms with Crippen LogP contribution in [0.2, 0.25) is 0 Å². The number of carbonyl (C=O) groups excluding carboxylic acids is 2. The summed E-state index contributed by atoms with van der Waals surface area (Å²) in [6.45, 7) is 9.24. The van der Waals surface area contributed by atoms with E-state index in [0.717, 1.165) is 0 Å². The minimum atomic E-state index is -0.702. The van der Waals surface area contributed by atoms with Crippen LogP contribution in [0.15, 0.2) is 42.5 Å². The van der Waals surface area contributed by atoms with E-state index in [1.54, 1.807) is 44.2 Å². The van der Waals surface area contributed by atoms with Crippen molar-refractivity contribution in [2.45, 2.75) is 26.9 Å². The van der Waals surface area contributed by atoms with Crippen LogP contribution < -0.4 is 4.74 Å². The molecule has 0 fully saturated rings. The molecule has 5 nitrogen and oxygen atoms in total. The van der Waals surface area contributed by atoms with E-state index in [1.807, 2.05) is 6.92 Å². The predicted octanol–water partition coefficient (Wildman–Crippen LogP) is 3.15. The van der Waals surface area contributed by atoms with Crippen molar-refractivity contribution in [3.63, 3.8) is 0 Å². The molecular formula is C18H22O5. The molecule has 5 heteroatoms. The third kappa shape index (κ3) is 5.98. The Labute approximate surface area is 136 Å². The van der Waals surface area contributed by atoms with Crippen LogP contribution in [0.4, 0.5) is 0 Å². The smallest absolute Gasteiger partial charge is 0.345 e. The van der Waals surface area contributed by atoms with Crippen molar-refractivity contribution < 1.29 is 23.8 Å². The van der Waals surface area contributed by atoms with Gasteiger partial charge in [0.05, 0.1) is 13.2 Å². The lowest BCUT2D eigenvalue weighted by atomic mass is 10.1. The van der Waals surface area contributed by atoms with E-state index in [2.05, 4.69) is 6.58 Å². The van der Waals surface area contributed by atoms with Gasteiger partial charge in [0.15, 0.2) is 0 Å². The van der Waals surface area contributed by atoms with Crippen molar-refractivity contribution in [3.05, 3.63) is 48.1 Å². The zero-order valence-corrected chi connectivity index (χ0v) is 13.7. The second-order valence-electron chi connectivity index (χ2n) is 4.63. The van der Waals surface area contributed by atoms with Gasteiger partial charge in [-0.1, -0.05) is 24.8 Å². The highest BCUT2D eigenvalue weighted by molar-refractivity contribution is 6.17. The molecule has 0 aliphatic carbocycles. The van der Waals surface area contributed by atoms with E-state index in [0.29, 0.717) is 11.3 Å². The van der Waals surface area contributed by atoms with Crippen LogP contribution >= 0.6 is 0 Å². The normalized spacial score (nSPS) is 11.1. The quantitative estimate of drug-likeness (QED) is 0.242. The van der Waals surface area contributed by atoms with Crippen LogP contribution in [0, 0.1) is 0 Å². The summed E-state index contributed by atoms with van der Waals surface area (Å²) in [6, 6.07) is 6.98. The Morgan fingerprint density at radius 2 is 1.61 bits per heavy atom. The summed E-state index contributed by atoms with van der Waals surface area (Å²) in [4.78, 5) is 23.8. The molecule has 1 aromatic rings. The van der Waals surface area contributed by atoms with Gasteiger partial charge in [-0.05, 0) is 44.5 Å². The van der Waals surface area contributed by atoms with Crippen molar-refractivity contribution in [3.8, 4) is 5.75 Å². The average Bonchev–Trinajstić information content (AvgIpc) is 2.54. The molecule has 0 radical (unpaired) electrons. The predicted molar refractivity (Wildman–Crippen MR) is 88.0 cm³/mol. The number of ether oxygens (including phenoxy) is 3. The van der Waals surface area contributed by atoms with Gasteiger partial charge in [-0.15, -0.1) is 0 Å². The first-order valence-corrected chi connectivity index (χ1v) is 7.47. The summed E-state index contributed by atoms with van der Waals surface area (Å²) in [6.07, 6.45) is 3.02. The van der Waals surface area contributed by atoms with Crippen LogP contribution in [0.5, 0.6) is 5.75 Å². The molecular weight excluding hydrogens is 296 g/mol. The Balaban J connectivity index is 2.99. The Hall–Kier alpha value is -2.56. The Morgan fingerprint density at radius 3 is 2.04 bits per heavy atom. The highest BCUT2D eigenvalue weighted by atomic mass is 16.6. The third-order valence-corrected chi connectivity index (χ3v) is 2.84. The fourth-order valence-corrected chi connectivity index (χ4v) is 1.69. The molecule has 0 aliphatic rings. The highest BCUT2D eigenvalue weighted by Gasteiger charge is 2.20. The largest absolute Gasteiger partial charge is 0.487 e. The lowest BCUT2D eigenvalue weighted by Gasteiger charge is -2.10. The van der Waals surface area contributed by atoms with E-state index in [1.165, 1.54) is 6.08 Å². The highest BCUT2D eigenvalue weighted by Crippen LogP contribution is 2.17. The molecule has 1 atom stereocenters. The second kappa shape index (κ2) is 9.46. The minimum absolute atomic E-state index is 0.106. The molecule has 0 spiro atoms. The summed E-state index contributed by atoms with van der Waals surface area (Å²) >= 11 is 0. The molecule has 0 amide bonds. The summed E-state index contributed by atoms with van der Waals surface area (Å²) in [5.41, 5.74) is 0.529. The molecule has 0 N–H and O–H groups in total. The van der Waals surface area contributed by atoms with Crippen LogP contribution in [0.1, 0.15) is 26.3 Å². The van der Waals surface area contributed by atoms with Gasteiger partial charge in [-0.25, -0.2) is 9.59 Å². The van der Waals surface area contributed by atoms with Gasteiger partial charge in [0.1, 0.15) is 17.4 Å². The van der Waals surface area contributed by atoms with Gasteiger partial charge in [0.25, 0.3) is 0 Å². The minimum Gasteiger partial charge on any atom is -0.487 e. The molecule has 1 aromatic carbocycles. The van der Waals surface area contributed by atoms with E-state index >= 15 is 0 Å². The first-order valence-electron chi connectivity index (χ1n) is 7.47. The molecule has 0 bridgehead atoms. The van der Waals surface area contributed by atoms with Crippen LogP contribution in [-0.4, -0.2) is 31.3 Å². The standard InChI is InChI=1S/C18H22O5/c1-5-13(4)23-15-10-8-14(9-11-15)12-16(17(19)21-6-2)18(20)22-7-3/h5,8-13H,1,6-7H2,2-4H3. The second-order valence-corrected chi connectivity index (χ2v) is 4.63. The van der Waals surface area contributed by atoms with E-state index in [9.17, 15) is 9.59 Å². The number of hydrogen-bond acceptors (Lipinski definition) is 5. The van der Waals surface area contributed by atoms with Crippen LogP contribution in [0.25, 0.3) is 6.08 Å². The monoisotopic (exact) mass is 318 g/mol. The van der Waals surface area contributed by atoms with Gasteiger partial charge >= 0.3 is 11.9 Å². The maximum absolute atomic E-state index is 11.9. The molecule has 0 heterocycles. The third-order valence-electron chi connectivity index (χ3n) is 2.84. The fraction of sp³-hybridized carbons (Fsp3) is 0.333. The number of esters is 2. The zero-order chi connectivity index (χ0) is 17.2. The van der Waals surface area contributed by atoms with Crippen molar-refractivity contribution in [2.24, 2.45) is 0 Å². The van der Waals surface area contributed by atoms with Gasteiger partial charge in [-0.2, -0.15) is 0 Å². The molecule has 0 aliphatic heterocycles. The van der Waals surface area contributed by atoms with Crippen molar-refractivity contribution >= 4 is 18.0 Å². The van der Waals surface area contributed by atoms with E-state index < -0.39 is 11.9 Å². The average molecular weight is 318 g/mol. The molecule has 0 aromatic heterocycles. The van der Waals surface area contributed by atoms with Gasteiger partial charge in [0.2, 0.25) is 0 Å². The number of carbonyl (C=O) groups is 2. The topological polar surface area (TPSA) is 61.8 Å².